The molecular formula is C15H20F3N3O2. The summed E-state index contributed by atoms with van der Waals surface area (Å²) in [6.07, 6.45) is -4.53. The zero-order chi connectivity index (χ0) is 17.0. The van der Waals surface area contributed by atoms with Gasteiger partial charge in [0.1, 0.15) is 0 Å². The average Bonchev–Trinajstić information content (AvgIpc) is 2.48. The second kappa shape index (κ2) is 7.29. The number of carbonyl (C=O) groups excluding carboxylic acids is 1. The van der Waals surface area contributed by atoms with Gasteiger partial charge in [-0.25, -0.2) is 0 Å². The first kappa shape index (κ1) is 17.7. The zero-order valence-corrected chi connectivity index (χ0v) is 12.6. The summed E-state index contributed by atoms with van der Waals surface area (Å²) in [6, 6.07) is 3.47. The molecule has 0 atom stereocenters. The molecule has 0 aromatic heterocycles. The number of β-amino-alcohol motifs (C(OH)–C–C–N with tert-alkyl or cyclic N) is 1. The molecule has 1 aromatic rings. The van der Waals surface area contributed by atoms with Crippen LogP contribution in [0.3, 0.4) is 0 Å². The van der Waals surface area contributed by atoms with Gasteiger partial charge in [0.15, 0.2) is 0 Å². The van der Waals surface area contributed by atoms with Crippen molar-refractivity contribution in [1.29, 1.82) is 0 Å². The number of hydrogen-bond acceptors (Lipinski definition) is 4. The quantitative estimate of drug-likeness (QED) is 0.842. The van der Waals surface area contributed by atoms with Crippen LogP contribution in [0.1, 0.15) is 21.5 Å². The average molecular weight is 331 g/mol. The molecule has 0 unspecified atom stereocenters. The zero-order valence-electron chi connectivity index (χ0n) is 12.6. The summed E-state index contributed by atoms with van der Waals surface area (Å²) in [4.78, 5) is 15.1. The molecule has 1 saturated heterocycles. The predicted octanol–water partition coefficient (Wildman–Crippen LogP) is 0.914. The molecule has 1 aromatic carbocycles. The molecule has 23 heavy (non-hydrogen) atoms. The molecule has 0 radical (unpaired) electrons. The molecular weight excluding hydrogens is 311 g/mol. The number of alkyl halides is 3. The Morgan fingerprint density at radius 2 is 1.78 bits per heavy atom. The number of piperazine rings is 1. The number of aliphatic hydroxyl groups excluding tert-OH is 1. The van der Waals surface area contributed by atoms with Crippen molar-refractivity contribution in [1.82, 2.24) is 9.80 Å². The summed E-state index contributed by atoms with van der Waals surface area (Å²) in [7, 11) is 0. The summed E-state index contributed by atoms with van der Waals surface area (Å²) in [5, 5.41) is 8.90. The van der Waals surface area contributed by atoms with Crippen LogP contribution in [0.15, 0.2) is 18.2 Å². The van der Waals surface area contributed by atoms with Gasteiger partial charge in [-0.2, -0.15) is 13.2 Å². The minimum atomic E-state index is -4.53. The maximum atomic E-state index is 13.2. The van der Waals surface area contributed by atoms with Gasteiger partial charge in [-0.1, -0.05) is 6.07 Å². The number of carbonyl (C=O) groups is 1. The smallest absolute Gasteiger partial charge is 0.395 e. The van der Waals surface area contributed by atoms with E-state index in [9.17, 15) is 18.0 Å². The Morgan fingerprint density at radius 3 is 2.30 bits per heavy atom. The molecule has 1 aliphatic rings. The van der Waals surface area contributed by atoms with Crippen molar-refractivity contribution in [3.63, 3.8) is 0 Å². The largest absolute Gasteiger partial charge is 0.416 e. The Morgan fingerprint density at radius 1 is 1.17 bits per heavy atom. The summed E-state index contributed by atoms with van der Waals surface area (Å²) < 4.78 is 39.6. The van der Waals surface area contributed by atoms with E-state index in [2.05, 4.69) is 4.90 Å². The molecule has 0 bridgehead atoms. The van der Waals surface area contributed by atoms with Crippen molar-refractivity contribution in [2.24, 2.45) is 5.73 Å². The van der Waals surface area contributed by atoms with Gasteiger partial charge in [-0.05, 0) is 17.7 Å². The van der Waals surface area contributed by atoms with Crippen LogP contribution in [-0.2, 0) is 12.7 Å². The van der Waals surface area contributed by atoms with Crippen LogP contribution in [0.25, 0.3) is 0 Å². The standard InChI is InChI=1S/C15H20F3N3O2/c16-15(17,18)13-9-11(14(19)23)1-2-12(13)10-21-5-3-20(4-6-21)7-8-22/h1-2,9,22H,3-8,10H2,(H2,19,23). The fourth-order valence-electron chi connectivity index (χ4n) is 2.68. The molecule has 8 heteroatoms. The van der Waals surface area contributed by atoms with Gasteiger partial charge < -0.3 is 10.8 Å². The van der Waals surface area contributed by atoms with Gasteiger partial charge in [0.05, 0.1) is 12.2 Å². The number of primary amides is 1. The number of nitrogens with two attached hydrogens (primary N) is 1. The van der Waals surface area contributed by atoms with Crippen LogP contribution in [0.5, 0.6) is 0 Å². The van der Waals surface area contributed by atoms with E-state index in [0.717, 1.165) is 6.07 Å². The second-order valence-electron chi connectivity index (χ2n) is 5.58. The van der Waals surface area contributed by atoms with E-state index in [1.54, 1.807) is 0 Å². The third kappa shape index (κ3) is 4.66. The highest BCUT2D eigenvalue weighted by atomic mass is 19.4. The number of benzene rings is 1. The molecule has 1 aliphatic heterocycles. The molecule has 0 aliphatic carbocycles. The van der Waals surface area contributed by atoms with E-state index in [-0.39, 0.29) is 24.3 Å². The van der Waals surface area contributed by atoms with E-state index in [4.69, 9.17) is 10.8 Å². The minimum Gasteiger partial charge on any atom is -0.395 e. The molecule has 3 N–H and O–H groups in total. The summed E-state index contributed by atoms with van der Waals surface area (Å²) in [5.41, 5.74) is 4.24. The predicted molar refractivity (Wildman–Crippen MR) is 78.8 cm³/mol. The van der Waals surface area contributed by atoms with Crippen molar-refractivity contribution in [3.05, 3.63) is 34.9 Å². The van der Waals surface area contributed by atoms with Crippen LogP contribution in [0, 0.1) is 0 Å². The highest BCUT2D eigenvalue weighted by molar-refractivity contribution is 5.93. The Balaban J connectivity index is 2.12. The molecule has 1 fully saturated rings. The third-order valence-corrected chi connectivity index (χ3v) is 3.97. The molecule has 0 spiro atoms. The van der Waals surface area contributed by atoms with Gasteiger partial charge in [0, 0.05) is 44.8 Å². The van der Waals surface area contributed by atoms with Gasteiger partial charge in [0.2, 0.25) is 5.91 Å². The Bertz CT molecular complexity index is 555. The van der Waals surface area contributed by atoms with Gasteiger partial charge in [0.25, 0.3) is 0 Å². The maximum Gasteiger partial charge on any atom is 0.416 e. The van der Waals surface area contributed by atoms with Crippen molar-refractivity contribution in [3.8, 4) is 0 Å². The van der Waals surface area contributed by atoms with E-state index < -0.39 is 17.6 Å². The van der Waals surface area contributed by atoms with E-state index in [1.807, 2.05) is 4.90 Å². The van der Waals surface area contributed by atoms with Crippen LogP contribution < -0.4 is 5.73 Å². The first-order chi connectivity index (χ1) is 10.8. The highest BCUT2D eigenvalue weighted by Crippen LogP contribution is 2.33. The lowest BCUT2D eigenvalue weighted by atomic mass is 10.0. The van der Waals surface area contributed by atoms with E-state index >= 15 is 0 Å². The molecule has 0 saturated carbocycles. The number of rotatable bonds is 5. The first-order valence-electron chi connectivity index (χ1n) is 7.36. The van der Waals surface area contributed by atoms with Crippen LogP contribution in [0.4, 0.5) is 13.2 Å². The van der Waals surface area contributed by atoms with Crippen molar-refractivity contribution in [2.75, 3.05) is 39.3 Å². The fourth-order valence-corrected chi connectivity index (χ4v) is 2.68. The normalized spacial score (nSPS) is 17.4. The van der Waals surface area contributed by atoms with Gasteiger partial charge in [-0.3, -0.25) is 14.6 Å². The minimum absolute atomic E-state index is 0.0762. The topological polar surface area (TPSA) is 69.8 Å². The highest BCUT2D eigenvalue weighted by Gasteiger charge is 2.34. The van der Waals surface area contributed by atoms with E-state index in [0.29, 0.717) is 32.7 Å². The lowest BCUT2D eigenvalue weighted by Gasteiger charge is -2.34. The Kier molecular flexibility index (Phi) is 5.61. The summed E-state index contributed by atoms with van der Waals surface area (Å²) >= 11 is 0. The lowest BCUT2D eigenvalue weighted by molar-refractivity contribution is -0.138. The number of amides is 1. The Labute approximate surface area is 132 Å². The van der Waals surface area contributed by atoms with E-state index in [1.165, 1.54) is 12.1 Å². The Hall–Kier alpha value is -1.64. The maximum absolute atomic E-state index is 13.2. The van der Waals surface area contributed by atoms with Gasteiger partial charge >= 0.3 is 6.18 Å². The van der Waals surface area contributed by atoms with Crippen molar-refractivity contribution in [2.45, 2.75) is 12.7 Å². The van der Waals surface area contributed by atoms with Crippen LogP contribution in [0.2, 0.25) is 0 Å². The number of nitrogens with zero attached hydrogens (tertiary/aromatic N) is 2. The summed E-state index contributed by atoms with van der Waals surface area (Å²) in [5.74, 6) is -0.875. The third-order valence-electron chi connectivity index (χ3n) is 3.97. The fraction of sp³-hybridized carbons (Fsp3) is 0.533. The molecule has 1 heterocycles. The number of halogens is 3. The van der Waals surface area contributed by atoms with Gasteiger partial charge in [-0.15, -0.1) is 0 Å². The molecule has 128 valence electrons. The number of aliphatic hydroxyl groups is 1. The lowest BCUT2D eigenvalue weighted by Crippen LogP contribution is -2.46. The molecule has 1 amide bonds. The van der Waals surface area contributed by atoms with Crippen LogP contribution >= 0.6 is 0 Å². The van der Waals surface area contributed by atoms with Crippen molar-refractivity contribution < 1.29 is 23.1 Å². The SMILES string of the molecule is NC(=O)c1ccc(CN2CCN(CCO)CC2)c(C(F)(F)F)c1. The molecule has 2 rings (SSSR count). The van der Waals surface area contributed by atoms with Crippen molar-refractivity contribution >= 4 is 5.91 Å². The monoisotopic (exact) mass is 331 g/mol. The first-order valence-corrected chi connectivity index (χ1v) is 7.36. The summed E-state index contributed by atoms with van der Waals surface area (Å²) in [6.45, 7) is 3.51. The second-order valence-corrected chi connectivity index (χ2v) is 5.58. The van der Waals surface area contributed by atoms with Crippen LogP contribution in [-0.4, -0.2) is 60.1 Å². The molecule has 5 nitrogen and oxygen atoms in total. The number of hydrogen-bond donors (Lipinski definition) is 2.